The maximum atomic E-state index is 10.4. The van der Waals surface area contributed by atoms with Crippen molar-refractivity contribution < 1.29 is 19.3 Å². The smallest absolute Gasteiger partial charge is 0.0900 e. The third-order valence-electron chi connectivity index (χ3n) is 4.55. The largest absolute Gasteiger partial charge is 0.389 e. The molecule has 0 bridgehead atoms. The number of hydrogen-bond acceptors (Lipinski definition) is 6. The number of nitrogens with zero attached hydrogens (tertiary/aromatic N) is 1. The first-order valence-electron chi connectivity index (χ1n) is 9.03. The van der Waals surface area contributed by atoms with E-state index in [2.05, 4.69) is 22.4 Å². The van der Waals surface area contributed by atoms with E-state index in [1.807, 2.05) is 0 Å². The molecule has 1 aromatic heterocycles. The molecule has 1 N–H and O–H groups in total. The van der Waals surface area contributed by atoms with Crippen LogP contribution in [0.25, 0.3) is 0 Å². The zero-order chi connectivity index (χ0) is 16.6. The minimum atomic E-state index is -0.479. The Bertz CT molecular complexity index is 444. The lowest BCUT2D eigenvalue weighted by atomic mass is 10.2. The van der Waals surface area contributed by atoms with Crippen LogP contribution in [-0.4, -0.2) is 67.8 Å². The first-order valence-corrected chi connectivity index (χ1v) is 9.91. The Morgan fingerprint density at radius 2 is 2.04 bits per heavy atom. The maximum absolute atomic E-state index is 10.4. The second-order valence-corrected chi connectivity index (χ2v) is 7.77. The van der Waals surface area contributed by atoms with Crippen molar-refractivity contribution in [1.29, 1.82) is 0 Å². The van der Waals surface area contributed by atoms with E-state index >= 15 is 0 Å². The third-order valence-corrected chi connectivity index (χ3v) is 5.41. The molecule has 2 saturated heterocycles. The minimum Gasteiger partial charge on any atom is -0.389 e. The second kappa shape index (κ2) is 9.85. The molecule has 2 aliphatic rings. The highest BCUT2D eigenvalue weighted by Crippen LogP contribution is 2.18. The van der Waals surface area contributed by atoms with Crippen molar-refractivity contribution in [2.45, 2.75) is 50.5 Å². The molecule has 3 rings (SSSR count). The molecule has 5 nitrogen and oxygen atoms in total. The number of aliphatic hydroxyl groups excluding tert-OH is 1. The molecule has 3 unspecified atom stereocenters. The van der Waals surface area contributed by atoms with Gasteiger partial charge in [-0.05, 0) is 37.1 Å². The van der Waals surface area contributed by atoms with Gasteiger partial charge in [0.1, 0.15) is 0 Å². The van der Waals surface area contributed by atoms with Gasteiger partial charge in [0.05, 0.1) is 31.5 Å². The van der Waals surface area contributed by atoms with Crippen molar-refractivity contribution in [3.05, 3.63) is 22.4 Å². The van der Waals surface area contributed by atoms with Gasteiger partial charge in [0.15, 0.2) is 0 Å². The quantitative estimate of drug-likeness (QED) is 0.698. The topological polar surface area (TPSA) is 51.2 Å². The average molecular weight is 356 g/mol. The Morgan fingerprint density at radius 1 is 1.25 bits per heavy atom. The highest BCUT2D eigenvalue weighted by molar-refractivity contribution is 7.09. The predicted molar refractivity (Wildman–Crippen MR) is 94.4 cm³/mol. The van der Waals surface area contributed by atoms with Crippen molar-refractivity contribution >= 4 is 11.3 Å². The molecule has 0 spiro atoms. The van der Waals surface area contributed by atoms with Crippen LogP contribution in [0, 0.1) is 0 Å². The van der Waals surface area contributed by atoms with Crippen molar-refractivity contribution in [3.63, 3.8) is 0 Å². The fourth-order valence-electron chi connectivity index (χ4n) is 3.36. The zero-order valence-electron chi connectivity index (χ0n) is 14.3. The van der Waals surface area contributed by atoms with Gasteiger partial charge in [-0.2, -0.15) is 0 Å². The van der Waals surface area contributed by atoms with Crippen molar-refractivity contribution in [1.82, 2.24) is 4.90 Å². The third kappa shape index (κ3) is 6.10. The van der Waals surface area contributed by atoms with Gasteiger partial charge in [-0.1, -0.05) is 6.07 Å². The first kappa shape index (κ1) is 18.3. The molecule has 3 atom stereocenters. The molecule has 24 heavy (non-hydrogen) atoms. The van der Waals surface area contributed by atoms with Crippen molar-refractivity contribution in [2.75, 3.05) is 39.5 Å². The summed E-state index contributed by atoms with van der Waals surface area (Å²) in [5.74, 6) is 0. The molecule has 0 radical (unpaired) electrons. The molecule has 1 aromatic rings. The lowest BCUT2D eigenvalue weighted by Gasteiger charge is -2.27. The number of rotatable bonds is 10. The Labute approximate surface area is 148 Å². The Hall–Kier alpha value is -0.500. The standard InChI is InChI=1S/C18H29NO4S/c20-15(13-21-14-17-5-2-8-23-17)10-19(11-16-4-1-7-22-16)12-18-6-3-9-24-18/h3,6,9,15-17,20H,1-2,4-5,7-8,10-14H2. The van der Waals surface area contributed by atoms with Gasteiger partial charge in [-0.3, -0.25) is 4.90 Å². The van der Waals surface area contributed by atoms with E-state index in [1.165, 1.54) is 4.88 Å². The first-order chi connectivity index (χ1) is 11.8. The van der Waals surface area contributed by atoms with E-state index in [-0.39, 0.29) is 6.10 Å². The highest BCUT2D eigenvalue weighted by Gasteiger charge is 2.22. The van der Waals surface area contributed by atoms with Gasteiger partial charge < -0.3 is 19.3 Å². The number of ether oxygens (including phenoxy) is 3. The molecule has 0 aromatic carbocycles. The fourth-order valence-corrected chi connectivity index (χ4v) is 4.11. The van der Waals surface area contributed by atoms with Crippen LogP contribution in [-0.2, 0) is 20.8 Å². The zero-order valence-corrected chi connectivity index (χ0v) is 15.1. The average Bonchev–Trinajstić information content (AvgIpc) is 3.30. The number of aliphatic hydroxyl groups is 1. The maximum Gasteiger partial charge on any atom is 0.0900 e. The van der Waals surface area contributed by atoms with Gasteiger partial charge in [0.25, 0.3) is 0 Å². The molecule has 0 saturated carbocycles. The lowest BCUT2D eigenvalue weighted by molar-refractivity contribution is -0.0298. The Balaban J connectivity index is 1.42. The summed E-state index contributed by atoms with van der Waals surface area (Å²) in [7, 11) is 0. The SMILES string of the molecule is OC(COCC1CCCO1)CN(Cc1cccs1)CC1CCCO1. The minimum absolute atomic E-state index is 0.214. The molecular formula is C18H29NO4S. The van der Waals surface area contributed by atoms with E-state index in [1.54, 1.807) is 11.3 Å². The van der Waals surface area contributed by atoms with E-state index < -0.39 is 6.10 Å². The van der Waals surface area contributed by atoms with Gasteiger partial charge in [0.2, 0.25) is 0 Å². The molecule has 2 fully saturated rings. The van der Waals surface area contributed by atoms with Crippen molar-refractivity contribution in [3.8, 4) is 0 Å². The monoisotopic (exact) mass is 355 g/mol. The summed E-state index contributed by atoms with van der Waals surface area (Å²) in [5, 5.41) is 12.4. The normalized spacial score (nSPS) is 25.6. The van der Waals surface area contributed by atoms with Crippen LogP contribution < -0.4 is 0 Å². The van der Waals surface area contributed by atoms with Crippen molar-refractivity contribution in [2.24, 2.45) is 0 Å². The van der Waals surface area contributed by atoms with Crippen LogP contribution >= 0.6 is 11.3 Å². The van der Waals surface area contributed by atoms with Crippen LogP contribution in [0.3, 0.4) is 0 Å². The highest BCUT2D eigenvalue weighted by atomic mass is 32.1. The van der Waals surface area contributed by atoms with Crippen LogP contribution in [0.4, 0.5) is 0 Å². The fraction of sp³-hybridized carbons (Fsp3) is 0.778. The summed E-state index contributed by atoms with van der Waals surface area (Å²) < 4.78 is 17.0. The number of thiophene rings is 1. The van der Waals surface area contributed by atoms with E-state index in [4.69, 9.17) is 14.2 Å². The Morgan fingerprint density at radius 3 is 2.71 bits per heavy atom. The molecule has 3 heterocycles. The van der Waals surface area contributed by atoms with Gasteiger partial charge in [-0.15, -0.1) is 11.3 Å². The molecular weight excluding hydrogens is 326 g/mol. The van der Waals surface area contributed by atoms with E-state index in [9.17, 15) is 5.11 Å². The Kier molecular flexibility index (Phi) is 7.51. The van der Waals surface area contributed by atoms with E-state index in [0.29, 0.717) is 25.9 Å². The summed E-state index contributed by atoms with van der Waals surface area (Å²) >= 11 is 1.76. The molecule has 0 amide bonds. The van der Waals surface area contributed by atoms with Crippen LogP contribution in [0.15, 0.2) is 17.5 Å². The molecule has 0 aliphatic carbocycles. The van der Waals surface area contributed by atoms with E-state index in [0.717, 1.165) is 52.0 Å². The van der Waals surface area contributed by atoms with Gasteiger partial charge >= 0.3 is 0 Å². The van der Waals surface area contributed by atoms with Crippen LogP contribution in [0.5, 0.6) is 0 Å². The predicted octanol–water partition coefficient (Wildman–Crippen LogP) is 2.29. The second-order valence-electron chi connectivity index (χ2n) is 6.73. The summed E-state index contributed by atoms with van der Waals surface area (Å²) in [6.07, 6.45) is 4.48. The summed E-state index contributed by atoms with van der Waals surface area (Å²) in [5.41, 5.74) is 0. The van der Waals surface area contributed by atoms with Crippen LogP contribution in [0.1, 0.15) is 30.6 Å². The molecule has 136 valence electrons. The summed E-state index contributed by atoms with van der Waals surface area (Å²) in [6.45, 7) is 5.02. The lowest BCUT2D eigenvalue weighted by Crippen LogP contribution is -2.39. The summed E-state index contributed by atoms with van der Waals surface area (Å²) in [6, 6.07) is 4.22. The summed E-state index contributed by atoms with van der Waals surface area (Å²) in [4.78, 5) is 3.61. The molecule has 6 heteroatoms. The molecule has 2 aliphatic heterocycles. The van der Waals surface area contributed by atoms with Crippen LogP contribution in [0.2, 0.25) is 0 Å². The number of hydrogen-bond donors (Lipinski definition) is 1. The van der Waals surface area contributed by atoms with Gasteiger partial charge in [0, 0.05) is 37.7 Å². The van der Waals surface area contributed by atoms with Gasteiger partial charge in [-0.25, -0.2) is 0 Å².